The van der Waals surface area contributed by atoms with Crippen LogP contribution in [0.25, 0.3) is 0 Å². The second kappa shape index (κ2) is 5.24. The van der Waals surface area contributed by atoms with Crippen LogP contribution in [-0.2, 0) is 6.18 Å². The fourth-order valence-corrected chi connectivity index (χ4v) is 1.43. The van der Waals surface area contributed by atoms with Crippen LogP contribution in [0, 0.1) is 6.92 Å². The minimum atomic E-state index is -4.64. The van der Waals surface area contributed by atoms with Crippen molar-refractivity contribution in [3.63, 3.8) is 0 Å². The van der Waals surface area contributed by atoms with Gasteiger partial charge in [0.1, 0.15) is 11.3 Å². The summed E-state index contributed by atoms with van der Waals surface area (Å²) >= 11 is 0. The Morgan fingerprint density at radius 2 is 2.06 bits per heavy atom. The summed E-state index contributed by atoms with van der Waals surface area (Å²) in [4.78, 5) is 24.7. The van der Waals surface area contributed by atoms with Crippen molar-refractivity contribution < 1.29 is 18.0 Å². The molecule has 0 fully saturated rings. The van der Waals surface area contributed by atoms with Crippen LogP contribution in [0.3, 0.4) is 0 Å². The van der Waals surface area contributed by atoms with E-state index in [1.807, 2.05) is 6.92 Å². The van der Waals surface area contributed by atoms with Crippen molar-refractivity contribution in [2.45, 2.75) is 26.4 Å². The van der Waals surface area contributed by atoms with E-state index < -0.39 is 23.3 Å². The van der Waals surface area contributed by atoms with Crippen LogP contribution in [0.5, 0.6) is 0 Å². The van der Waals surface area contributed by atoms with Gasteiger partial charge in [0.05, 0.1) is 0 Å². The number of alkyl halides is 3. The second-order valence-electron chi connectivity index (χ2n) is 3.82. The summed E-state index contributed by atoms with van der Waals surface area (Å²) in [6.07, 6.45) is -3.97. The number of amides is 1. The highest BCUT2D eigenvalue weighted by Gasteiger charge is 2.34. The van der Waals surface area contributed by atoms with Gasteiger partial charge < -0.3 is 10.3 Å². The molecule has 0 aliphatic heterocycles. The van der Waals surface area contributed by atoms with Crippen LogP contribution < -0.4 is 10.9 Å². The molecule has 0 bridgehead atoms. The number of pyridine rings is 1. The molecule has 0 aromatic carbocycles. The highest BCUT2D eigenvalue weighted by molar-refractivity contribution is 5.93. The third-order valence-electron chi connectivity index (χ3n) is 2.30. The maximum absolute atomic E-state index is 12.5. The number of aryl methyl sites for hydroxylation is 1. The van der Waals surface area contributed by atoms with Gasteiger partial charge in [0.25, 0.3) is 11.5 Å². The smallest absolute Gasteiger partial charge is 0.352 e. The van der Waals surface area contributed by atoms with Crippen molar-refractivity contribution in [1.29, 1.82) is 0 Å². The molecule has 2 N–H and O–H groups in total. The van der Waals surface area contributed by atoms with E-state index in [4.69, 9.17) is 0 Å². The minimum absolute atomic E-state index is 0.191. The van der Waals surface area contributed by atoms with Crippen molar-refractivity contribution in [1.82, 2.24) is 10.3 Å². The van der Waals surface area contributed by atoms with E-state index in [2.05, 4.69) is 5.32 Å². The zero-order valence-corrected chi connectivity index (χ0v) is 9.94. The second-order valence-corrected chi connectivity index (χ2v) is 3.82. The summed E-state index contributed by atoms with van der Waals surface area (Å²) in [7, 11) is 0. The van der Waals surface area contributed by atoms with E-state index in [0.29, 0.717) is 13.0 Å². The Hall–Kier alpha value is -1.79. The Morgan fingerprint density at radius 3 is 2.56 bits per heavy atom. The Balaban J connectivity index is 3.16. The van der Waals surface area contributed by atoms with E-state index in [1.165, 1.54) is 6.92 Å². The molecule has 1 rings (SSSR count). The zero-order chi connectivity index (χ0) is 13.9. The standard InChI is InChI=1S/C11H13F3N2O2/c1-3-4-15-9(17)7-5-6(2)8(11(12,13)14)16-10(7)18/h5H,3-4H2,1-2H3,(H,15,17)(H,16,18). The van der Waals surface area contributed by atoms with Gasteiger partial charge in [0.2, 0.25) is 0 Å². The van der Waals surface area contributed by atoms with Crippen molar-refractivity contribution in [2.24, 2.45) is 0 Å². The van der Waals surface area contributed by atoms with Crippen molar-refractivity contribution in [3.8, 4) is 0 Å². The van der Waals surface area contributed by atoms with Crippen molar-refractivity contribution >= 4 is 5.91 Å². The molecule has 0 saturated carbocycles. The summed E-state index contributed by atoms with van der Waals surface area (Å²) in [5, 5.41) is 2.43. The molecule has 1 aromatic rings. The van der Waals surface area contributed by atoms with Crippen LogP contribution in [0.15, 0.2) is 10.9 Å². The van der Waals surface area contributed by atoms with E-state index in [-0.39, 0.29) is 11.1 Å². The third kappa shape index (κ3) is 3.12. The average molecular weight is 262 g/mol. The number of aromatic amines is 1. The summed E-state index contributed by atoms with van der Waals surface area (Å²) < 4.78 is 37.5. The number of rotatable bonds is 3. The van der Waals surface area contributed by atoms with Crippen LogP contribution in [-0.4, -0.2) is 17.4 Å². The fraction of sp³-hybridized carbons (Fsp3) is 0.455. The number of hydrogen-bond acceptors (Lipinski definition) is 2. The Kier molecular flexibility index (Phi) is 4.15. The van der Waals surface area contributed by atoms with Crippen LogP contribution >= 0.6 is 0 Å². The summed E-state index contributed by atoms with van der Waals surface area (Å²) in [6.45, 7) is 3.37. The molecule has 0 aliphatic carbocycles. The van der Waals surface area contributed by atoms with Gasteiger partial charge in [-0.2, -0.15) is 13.2 Å². The fourth-order valence-electron chi connectivity index (χ4n) is 1.43. The normalized spacial score (nSPS) is 11.4. The number of halogens is 3. The lowest BCUT2D eigenvalue weighted by atomic mass is 10.1. The maximum Gasteiger partial charge on any atom is 0.431 e. The summed E-state index contributed by atoms with van der Waals surface area (Å²) in [5.74, 6) is -0.671. The first-order chi connectivity index (χ1) is 8.27. The lowest BCUT2D eigenvalue weighted by molar-refractivity contribution is -0.141. The molecule has 1 amide bonds. The van der Waals surface area contributed by atoms with Gasteiger partial charge in [-0.05, 0) is 25.0 Å². The summed E-state index contributed by atoms with van der Waals surface area (Å²) in [5.41, 5.74) is -2.67. The van der Waals surface area contributed by atoms with Crippen molar-refractivity contribution in [3.05, 3.63) is 33.2 Å². The SMILES string of the molecule is CCCNC(=O)c1cc(C)c(C(F)(F)F)[nH]c1=O. The molecule has 7 heteroatoms. The lowest BCUT2D eigenvalue weighted by Gasteiger charge is -2.11. The largest absolute Gasteiger partial charge is 0.431 e. The van der Waals surface area contributed by atoms with E-state index >= 15 is 0 Å². The number of nitrogens with one attached hydrogen (secondary N) is 2. The van der Waals surface area contributed by atoms with Crippen LogP contribution in [0.4, 0.5) is 13.2 Å². The third-order valence-corrected chi connectivity index (χ3v) is 2.30. The monoisotopic (exact) mass is 262 g/mol. The van der Waals surface area contributed by atoms with E-state index in [9.17, 15) is 22.8 Å². The highest BCUT2D eigenvalue weighted by Crippen LogP contribution is 2.29. The Bertz CT molecular complexity index is 506. The molecule has 100 valence electrons. The first-order valence-electron chi connectivity index (χ1n) is 5.36. The molecule has 0 radical (unpaired) electrons. The Morgan fingerprint density at radius 1 is 1.44 bits per heavy atom. The van der Waals surface area contributed by atoms with E-state index in [1.54, 1.807) is 4.98 Å². The predicted octanol–water partition coefficient (Wildman–Crippen LogP) is 1.84. The number of carbonyl (C=O) groups excluding carboxylic acids is 1. The molecule has 1 heterocycles. The molecule has 0 saturated heterocycles. The van der Waals surface area contributed by atoms with Gasteiger partial charge in [-0.15, -0.1) is 0 Å². The number of H-pyrrole nitrogens is 1. The number of aromatic nitrogens is 1. The van der Waals surface area contributed by atoms with E-state index in [0.717, 1.165) is 6.07 Å². The first kappa shape index (κ1) is 14.3. The predicted molar refractivity (Wildman–Crippen MR) is 59.4 cm³/mol. The Labute approximate surface area is 101 Å². The van der Waals surface area contributed by atoms with Gasteiger partial charge in [0.15, 0.2) is 0 Å². The molecular weight excluding hydrogens is 249 g/mol. The minimum Gasteiger partial charge on any atom is -0.352 e. The first-order valence-corrected chi connectivity index (χ1v) is 5.36. The number of hydrogen-bond donors (Lipinski definition) is 2. The average Bonchev–Trinajstić information content (AvgIpc) is 2.27. The molecule has 4 nitrogen and oxygen atoms in total. The quantitative estimate of drug-likeness (QED) is 0.873. The van der Waals surface area contributed by atoms with Crippen LogP contribution in [0.1, 0.15) is 35.0 Å². The topological polar surface area (TPSA) is 62.0 Å². The molecule has 0 spiro atoms. The zero-order valence-electron chi connectivity index (χ0n) is 9.94. The van der Waals surface area contributed by atoms with Gasteiger partial charge in [-0.3, -0.25) is 9.59 Å². The van der Waals surface area contributed by atoms with Gasteiger partial charge in [-0.1, -0.05) is 6.92 Å². The molecule has 1 aromatic heterocycles. The molecule has 0 aliphatic rings. The lowest BCUT2D eigenvalue weighted by Crippen LogP contribution is -2.31. The molecule has 18 heavy (non-hydrogen) atoms. The van der Waals surface area contributed by atoms with Crippen LogP contribution in [0.2, 0.25) is 0 Å². The molecule has 0 atom stereocenters. The summed E-state index contributed by atoms with van der Waals surface area (Å²) in [6, 6.07) is 0.951. The highest BCUT2D eigenvalue weighted by atomic mass is 19.4. The van der Waals surface area contributed by atoms with Gasteiger partial charge in [0, 0.05) is 6.54 Å². The molecule has 0 unspecified atom stereocenters. The van der Waals surface area contributed by atoms with Gasteiger partial charge in [-0.25, -0.2) is 0 Å². The molecular formula is C11H13F3N2O2. The van der Waals surface area contributed by atoms with Gasteiger partial charge >= 0.3 is 6.18 Å². The van der Waals surface area contributed by atoms with Crippen molar-refractivity contribution in [2.75, 3.05) is 6.54 Å². The maximum atomic E-state index is 12.5. The number of carbonyl (C=O) groups is 1.